The molecular weight excluding hydrogens is 410 g/mol. The van der Waals surface area contributed by atoms with Gasteiger partial charge in [-0.25, -0.2) is 9.78 Å². The normalized spacial score (nSPS) is 15.4. The number of carbonyl (C=O) groups excluding carboxylic acids is 2. The SMILES string of the molecule is COC(=O)C1Cc2ncn(Cc3ccc(OC)cc3)c2CN1C(=O)CSCC(=O)O. The Bertz CT molecular complexity index is 927. The fourth-order valence-electron chi connectivity index (χ4n) is 3.35. The summed E-state index contributed by atoms with van der Waals surface area (Å²) in [6.45, 7) is 0.767. The van der Waals surface area contributed by atoms with Gasteiger partial charge in [0.05, 0.1) is 50.0 Å². The van der Waals surface area contributed by atoms with Gasteiger partial charge in [0.15, 0.2) is 0 Å². The molecule has 3 rings (SSSR count). The fraction of sp³-hybridized carbons (Fsp3) is 0.400. The smallest absolute Gasteiger partial charge is 0.329 e. The lowest BCUT2D eigenvalue weighted by molar-refractivity contribution is -0.153. The number of hydrogen-bond acceptors (Lipinski definition) is 7. The molecule has 1 unspecified atom stereocenters. The number of esters is 1. The van der Waals surface area contributed by atoms with Crippen molar-refractivity contribution >= 4 is 29.6 Å². The van der Waals surface area contributed by atoms with Crippen molar-refractivity contribution in [3.05, 3.63) is 47.5 Å². The van der Waals surface area contributed by atoms with Crippen LogP contribution in [0.25, 0.3) is 0 Å². The van der Waals surface area contributed by atoms with E-state index >= 15 is 0 Å². The third kappa shape index (κ3) is 4.93. The molecule has 0 aliphatic carbocycles. The summed E-state index contributed by atoms with van der Waals surface area (Å²) in [5.41, 5.74) is 2.64. The highest BCUT2D eigenvalue weighted by Gasteiger charge is 2.37. The number of methoxy groups -OCH3 is 2. The summed E-state index contributed by atoms with van der Waals surface area (Å²) < 4.78 is 12.0. The minimum Gasteiger partial charge on any atom is -0.497 e. The fourth-order valence-corrected chi connectivity index (χ4v) is 3.97. The van der Waals surface area contributed by atoms with Crippen molar-refractivity contribution in [2.75, 3.05) is 25.7 Å². The van der Waals surface area contributed by atoms with Crippen molar-refractivity contribution in [3.63, 3.8) is 0 Å². The first kappa shape index (κ1) is 21.7. The number of thioether (sulfide) groups is 1. The van der Waals surface area contributed by atoms with Gasteiger partial charge in [-0.3, -0.25) is 9.59 Å². The molecule has 160 valence electrons. The van der Waals surface area contributed by atoms with E-state index in [0.29, 0.717) is 6.54 Å². The van der Waals surface area contributed by atoms with Gasteiger partial charge in [0.25, 0.3) is 0 Å². The number of nitrogens with zero attached hydrogens (tertiary/aromatic N) is 3. The molecule has 1 aromatic heterocycles. The predicted molar refractivity (Wildman–Crippen MR) is 109 cm³/mol. The van der Waals surface area contributed by atoms with Gasteiger partial charge in [-0.05, 0) is 17.7 Å². The van der Waals surface area contributed by atoms with Crippen LogP contribution in [0.2, 0.25) is 0 Å². The van der Waals surface area contributed by atoms with E-state index < -0.39 is 18.0 Å². The van der Waals surface area contributed by atoms with Crippen LogP contribution in [0.1, 0.15) is 17.0 Å². The number of benzene rings is 1. The molecule has 0 saturated carbocycles. The highest BCUT2D eigenvalue weighted by molar-refractivity contribution is 8.00. The van der Waals surface area contributed by atoms with Crippen LogP contribution in [-0.2, 0) is 38.6 Å². The zero-order valence-electron chi connectivity index (χ0n) is 16.7. The number of ether oxygens (including phenoxy) is 2. The molecule has 1 atom stereocenters. The molecule has 0 saturated heterocycles. The molecule has 9 nitrogen and oxygen atoms in total. The molecule has 0 spiro atoms. The van der Waals surface area contributed by atoms with E-state index in [9.17, 15) is 14.4 Å². The third-order valence-electron chi connectivity index (χ3n) is 4.87. The molecule has 1 amide bonds. The molecule has 0 bridgehead atoms. The summed E-state index contributed by atoms with van der Waals surface area (Å²) in [4.78, 5) is 41.6. The zero-order valence-corrected chi connectivity index (χ0v) is 17.6. The van der Waals surface area contributed by atoms with E-state index in [1.807, 2.05) is 28.8 Å². The Kier molecular flexibility index (Phi) is 6.99. The van der Waals surface area contributed by atoms with Crippen molar-refractivity contribution in [1.29, 1.82) is 0 Å². The topological polar surface area (TPSA) is 111 Å². The largest absolute Gasteiger partial charge is 0.497 e. The summed E-state index contributed by atoms with van der Waals surface area (Å²) in [6.07, 6.45) is 1.96. The second-order valence-electron chi connectivity index (χ2n) is 6.77. The van der Waals surface area contributed by atoms with Crippen LogP contribution in [0.3, 0.4) is 0 Å². The van der Waals surface area contributed by atoms with E-state index in [2.05, 4.69) is 4.98 Å². The molecule has 0 fully saturated rings. The van der Waals surface area contributed by atoms with Crippen LogP contribution in [0, 0.1) is 0 Å². The molecule has 1 aliphatic heterocycles. The Morgan fingerprint density at radius 2 is 1.93 bits per heavy atom. The van der Waals surface area contributed by atoms with Gasteiger partial charge >= 0.3 is 11.9 Å². The number of hydrogen-bond donors (Lipinski definition) is 1. The van der Waals surface area contributed by atoms with Crippen LogP contribution >= 0.6 is 11.8 Å². The van der Waals surface area contributed by atoms with E-state index in [4.69, 9.17) is 14.6 Å². The summed E-state index contributed by atoms with van der Waals surface area (Å²) in [7, 11) is 2.89. The quantitative estimate of drug-likeness (QED) is 0.618. The lowest BCUT2D eigenvalue weighted by Gasteiger charge is -2.34. The van der Waals surface area contributed by atoms with Crippen molar-refractivity contribution in [1.82, 2.24) is 14.5 Å². The lowest BCUT2D eigenvalue weighted by atomic mass is 10.0. The van der Waals surface area contributed by atoms with Gasteiger partial charge in [-0.15, -0.1) is 11.8 Å². The van der Waals surface area contributed by atoms with Crippen LogP contribution in [-0.4, -0.2) is 69.2 Å². The van der Waals surface area contributed by atoms with Crippen molar-refractivity contribution < 1.29 is 29.0 Å². The maximum atomic E-state index is 12.7. The molecule has 1 N–H and O–H groups in total. The average molecular weight is 433 g/mol. The maximum absolute atomic E-state index is 12.7. The van der Waals surface area contributed by atoms with Crippen LogP contribution in [0.4, 0.5) is 0 Å². The summed E-state index contributed by atoms with van der Waals surface area (Å²) in [6, 6.07) is 6.89. The maximum Gasteiger partial charge on any atom is 0.329 e. The molecule has 1 aromatic carbocycles. The van der Waals surface area contributed by atoms with E-state index in [-0.39, 0.29) is 30.4 Å². The first-order valence-corrected chi connectivity index (χ1v) is 10.4. The minimum absolute atomic E-state index is 0.0260. The Morgan fingerprint density at radius 3 is 2.57 bits per heavy atom. The van der Waals surface area contributed by atoms with E-state index in [0.717, 1.165) is 34.5 Å². The minimum atomic E-state index is -0.990. The van der Waals surface area contributed by atoms with Crippen molar-refractivity contribution in [3.8, 4) is 5.75 Å². The van der Waals surface area contributed by atoms with Crippen molar-refractivity contribution in [2.24, 2.45) is 0 Å². The molecule has 2 heterocycles. The summed E-state index contributed by atoms with van der Waals surface area (Å²) >= 11 is 1.00. The monoisotopic (exact) mass is 433 g/mol. The number of rotatable bonds is 8. The number of carboxylic acid groups (broad SMARTS) is 1. The highest BCUT2D eigenvalue weighted by atomic mass is 32.2. The van der Waals surface area contributed by atoms with Gasteiger partial charge in [0.1, 0.15) is 11.8 Å². The Balaban J connectivity index is 1.80. The van der Waals surface area contributed by atoms with Crippen LogP contribution in [0.5, 0.6) is 5.75 Å². The second kappa shape index (κ2) is 9.66. The number of imidazole rings is 1. The average Bonchev–Trinajstić information content (AvgIpc) is 3.14. The number of carbonyl (C=O) groups is 3. The van der Waals surface area contributed by atoms with E-state index in [1.165, 1.54) is 12.0 Å². The summed E-state index contributed by atoms with van der Waals surface area (Å²) in [5.74, 6) is -1.24. The number of amides is 1. The van der Waals surface area contributed by atoms with E-state index in [1.54, 1.807) is 13.4 Å². The number of aromatic nitrogens is 2. The summed E-state index contributed by atoms with van der Waals surface area (Å²) in [5, 5.41) is 8.79. The first-order chi connectivity index (χ1) is 14.4. The lowest BCUT2D eigenvalue weighted by Crippen LogP contribution is -2.50. The molecule has 10 heteroatoms. The molecule has 30 heavy (non-hydrogen) atoms. The first-order valence-electron chi connectivity index (χ1n) is 9.25. The van der Waals surface area contributed by atoms with Gasteiger partial charge < -0.3 is 24.0 Å². The molecule has 1 aliphatic rings. The predicted octanol–water partition coefficient (Wildman–Crippen LogP) is 1.18. The van der Waals surface area contributed by atoms with Crippen LogP contribution < -0.4 is 4.74 Å². The van der Waals surface area contributed by atoms with Gasteiger partial charge in [0.2, 0.25) is 5.91 Å². The van der Waals surface area contributed by atoms with Crippen molar-refractivity contribution in [2.45, 2.75) is 25.6 Å². The zero-order chi connectivity index (χ0) is 21.7. The Labute approximate surface area is 178 Å². The molecule has 2 aromatic rings. The highest BCUT2D eigenvalue weighted by Crippen LogP contribution is 2.25. The Morgan fingerprint density at radius 1 is 1.20 bits per heavy atom. The number of fused-ring (bicyclic) bond motifs is 1. The third-order valence-corrected chi connectivity index (χ3v) is 5.77. The van der Waals surface area contributed by atoms with Crippen LogP contribution in [0.15, 0.2) is 30.6 Å². The molecule has 0 radical (unpaired) electrons. The standard InChI is InChI=1S/C20H23N3O6S/c1-28-14-5-3-13(4-6-14)8-22-12-21-15-7-16(20(27)29-2)23(9-17(15)22)18(24)10-30-11-19(25)26/h3-6,12,16H,7-11H2,1-2H3,(H,25,26). The van der Waals surface area contributed by atoms with Gasteiger partial charge in [0, 0.05) is 13.0 Å². The molecular formula is C20H23N3O6S. The second-order valence-corrected chi connectivity index (χ2v) is 7.75. The van der Waals surface area contributed by atoms with Gasteiger partial charge in [-0.2, -0.15) is 0 Å². The van der Waals surface area contributed by atoms with Gasteiger partial charge in [-0.1, -0.05) is 12.1 Å². The number of aliphatic carboxylic acids is 1. The Hall–Kier alpha value is -3.01. The number of carboxylic acids is 1.